The van der Waals surface area contributed by atoms with Crippen LogP contribution in [-0.4, -0.2) is 54.3 Å². The predicted octanol–water partition coefficient (Wildman–Crippen LogP) is 2.25. The number of amides is 2. The molecule has 0 spiro atoms. The van der Waals surface area contributed by atoms with Crippen molar-refractivity contribution >= 4 is 6.03 Å². The molecule has 0 unspecified atom stereocenters. The quantitative estimate of drug-likeness (QED) is 0.837. The zero-order valence-electron chi connectivity index (χ0n) is 15.6. The Bertz CT molecular complexity index is 749. The highest BCUT2D eigenvalue weighted by molar-refractivity contribution is 5.74. The minimum Gasteiger partial charge on any atom is -0.493 e. The number of para-hydroxylation sites is 1. The van der Waals surface area contributed by atoms with E-state index in [2.05, 4.69) is 15.3 Å². The molecule has 1 aromatic carbocycles. The molecule has 144 valence electrons. The summed E-state index contributed by atoms with van der Waals surface area (Å²) in [6.45, 7) is 1.62. The van der Waals surface area contributed by atoms with E-state index in [9.17, 15) is 4.79 Å². The van der Waals surface area contributed by atoms with Crippen LogP contribution in [0, 0.1) is 0 Å². The van der Waals surface area contributed by atoms with E-state index in [-0.39, 0.29) is 12.1 Å². The molecular formula is C19H24N4O4. The zero-order valence-corrected chi connectivity index (χ0v) is 15.6. The molecule has 1 N–H and O–H groups in total. The second-order valence-corrected chi connectivity index (χ2v) is 6.15. The van der Waals surface area contributed by atoms with Crippen molar-refractivity contribution in [2.45, 2.75) is 25.5 Å². The summed E-state index contributed by atoms with van der Waals surface area (Å²) in [6.07, 6.45) is 4.81. The van der Waals surface area contributed by atoms with Gasteiger partial charge in [-0.05, 0) is 12.1 Å². The van der Waals surface area contributed by atoms with Gasteiger partial charge in [-0.15, -0.1) is 0 Å². The average molecular weight is 372 g/mol. The average Bonchev–Trinajstić information content (AvgIpc) is 2.72. The van der Waals surface area contributed by atoms with Gasteiger partial charge in [-0.1, -0.05) is 12.1 Å². The summed E-state index contributed by atoms with van der Waals surface area (Å²) in [5, 5.41) is 2.95. The molecule has 0 aliphatic carbocycles. The zero-order chi connectivity index (χ0) is 19.1. The maximum Gasteiger partial charge on any atom is 0.317 e. The van der Waals surface area contributed by atoms with Crippen LogP contribution in [0.3, 0.4) is 0 Å². The van der Waals surface area contributed by atoms with E-state index in [1.165, 1.54) is 0 Å². The molecule has 2 amide bonds. The van der Waals surface area contributed by atoms with Gasteiger partial charge in [0.25, 0.3) is 0 Å². The number of methoxy groups -OCH3 is 2. The van der Waals surface area contributed by atoms with Crippen LogP contribution in [0.1, 0.15) is 18.4 Å². The number of piperidine rings is 1. The van der Waals surface area contributed by atoms with Crippen molar-refractivity contribution in [2.24, 2.45) is 0 Å². The fourth-order valence-corrected chi connectivity index (χ4v) is 3.05. The van der Waals surface area contributed by atoms with Crippen molar-refractivity contribution in [1.82, 2.24) is 20.2 Å². The summed E-state index contributed by atoms with van der Waals surface area (Å²) >= 11 is 0. The van der Waals surface area contributed by atoms with Gasteiger partial charge in [-0.2, -0.15) is 0 Å². The van der Waals surface area contributed by atoms with Crippen molar-refractivity contribution in [3.8, 4) is 17.5 Å². The number of carbonyl (C=O) groups is 1. The van der Waals surface area contributed by atoms with Crippen molar-refractivity contribution in [3.05, 3.63) is 42.2 Å². The summed E-state index contributed by atoms with van der Waals surface area (Å²) in [4.78, 5) is 22.4. The normalized spacial score (nSPS) is 14.5. The van der Waals surface area contributed by atoms with E-state index in [0.29, 0.717) is 37.1 Å². The standard InChI is InChI=1S/C19H24N4O4/c1-25-16-6-3-5-14(17(16)26-2)13-22-19(24)23-11-7-15(8-12-23)27-18-20-9-4-10-21-18/h3-6,9-10,15H,7-8,11-13H2,1-2H3,(H,22,24). The van der Waals surface area contributed by atoms with Gasteiger partial charge in [0.1, 0.15) is 6.10 Å². The highest BCUT2D eigenvalue weighted by Crippen LogP contribution is 2.30. The smallest absolute Gasteiger partial charge is 0.317 e. The summed E-state index contributed by atoms with van der Waals surface area (Å²) in [7, 11) is 3.18. The van der Waals surface area contributed by atoms with Crippen LogP contribution in [0.15, 0.2) is 36.7 Å². The summed E-state index contributed by atoms with van der Waals surface area (Å²) in [5.41, 5.74) is 0.865. The molecule has 0 saturated carbocycles. The fourth-order valence-electron chi connectivity index (χ4n) is 3.05. The van der Waals surface area contributed by atoms with Crippen LogP contribution in [0.2, 0.25) is 0 Å². The molecule has 8 heteroatoms. The first-order valence-electron chi connectivity index (χ1n) is 8.87. The lowest BCUT2D eigenvalue weighted by atomic mass is 10.1. The van der Waals surface area contributed by atoms with E-state index in [1.54, 1.807) is 37.6 Å². The number of aromatic nitrogens is 2. The third-order valence-electron chi connectivity index (χ3n) is 4.46. The predicted molar refractivity (Wildman–Crippen MR) is 99.0 cm³/mol. The Kier molecular flexibility index (Phi) is 6.30. The molecule has 1 aliphatic heterocycles. The summed E-state index contributed by atoms with van der Waals surface area (Å²) < 4.78 is 16.4. The number of ether oxygens (including phenoxy) is 3. The van der Waals surface area contributed by atoms with Crippen LogP contribution < -0.4 is 19.5 Å². The lowest BCUT2D eigenvalue weighted by Gasteiger charge is -2.31. The van der Waals surface area contributed by atoms with Gasteiger partial charge in [0.2, 0.25) is 0 Å². The van der Waals surface area contributed by atoms with Gasteiger partial charge in [-0.3, -0.25) is 0 Å². The van der Waals surface area contributed by atoms with Crippen LogP contribution in [0.25, 0.3) is 0 Å². The Morgan fingerprint density at radius 3 is 2.56 bits per heavy atom. The summed E-state index contributed by atoms with van der Waals surface area (Å²) in [5.74, 6) is 1.28. The highest BCUT2D eigenvalue weighted by Gasteiger charge is 2.24. The molecule has 0 bridgehead atoms. The number of nitrogens with zero attached hydrogens (tertiary/aromatic N) is 3. The number of hydrogen-bond donors (Lipinski definition) is 1. The van der Waals surface area contributed by atoms with Gasteiger partial charge in [0, 0.05) is 50.4 Å². The first-order chi connectivity index (χ1) is 13.2. The molecule has 2 aromatic rings. The molecule has 0 radical (unpaired) electrons. The maximum absolute atomic E-state index is 12.5. The topological polar surface area (TPSA) is 85.8 Å². The molecule has 27 heavy (non-hydrogen) atoms. The molecule has 0 atom stereocenters. The van der Waals surface area contributed by atoms with Gasteiger partial charge in [-0.25, -0.2) is 14.8 Å². The first kappa shape index (κ1) is 18.8. The highest BCUT2D eigenvalue weighted by atomic mass is 16.5. The lowest BCUT2D eigenvalue weighted by molar-refractivity contribution is 0.103. The van der Waals surface area contributed by atoms with Crippen LogP contribution in [-0.2, 0) is 6.54 Å². The van der Waals surface area contributed by atoms with Crippen molar-refractivity contribution in [2.75, 3.05) is 27.3 Å². The maximum atomic E-state index is 12.5. The van der Waals surface area contributed by atoms with Crippen molar-refractivity contribution < 1.29 is 19.0 Å². The number of urea groups is 1. The minimum absolute atomic E-state index is 0.0231. The Morgan fingerprint density at radius 2 is 1.89 bits per heavy atom. The Hall–Kier alpha value is -3.03. The summed E-state index contributed by atoms with van der Waals surface area (Å²) in [6, 6.07) is 7.63. The number of carbonyl (C=O) groups excluding carboxylic acids is 1. The second kappa shape index (κ2) is 9.07. The number of likely N-dealkylation sites (tertiary alicyclic amines) is 1. The van der Waals surface area contributed by atoms with Crippen LogP contribution in [0.4, 0.5) is 4.79 Å². The van der Waals surface area contributed by atoms with Gasteiger partial charge in [0.15, 0.2) is 11.5 Å². The fraction of sp³-hybridized carbons (Fsp3) is 0.421. The third-order valence-corrected chi connectivity index (χ3v) is 4.46. The Balaban J connectivity index is 1.49. The SMILES string of the molecule is COc1cccc(CNC(=O)N2CCC(Oc3ncccn3)CC2)c1OC. The third kappa shape index (κ3) is 4.78. The van der Waals surface area contributed by atoms with Gasteiger partial charge < -0.3 is 24.4 Å². The van der Waals surface area contributed by atoms with E-state index in [0.717, 1.165) is 18.4 Å². The van der Waals surface area contributed by atoms with Crippen LogP contribution >= 0.6 is 0 Å². The van der Waals surface area contributed by atoms with Crippen molar-refractivity contribution in [3.63, 3.8) is 0 Å². The van der Waals surface area contributed by atoms with E-state index < -0.39 is 0 Å². The molecule has 2 heterocycles. The Morgan fingerprint density at radius 1 is 1.15 bits per heavy atom. The monoisotopic (exact) mass is 372 g/mol. The molecular weight excluding hydrogens is 348 g/mol. The van der Waals surface area contributed by atoms with Gasteiger partial charge in [0.05, 0.1) is 14.2 Å². The molecule has 1 aliphatic rings. The minimum atomic E-state index is -0.103. The molecule has 1 fully saturated rings. The molecule has 8 nitrogen and oxygen atoms in total. The van der Waals surface area contributed by atoms with Crippen molar-refractivity contribution in [1.29, 1.82) is 0 Å². The van der Waals surface area contributed by atoms with Crippen LogP contribution in [0.5, 0.6) is 17.5 Å². The van der Waals surface area contributed by atoms with E-state index >= 15 is 0 Å². The number of benzene rings is 1. The lowest BCUT2D eigenvalue weighted by Crippen LogP contribution is -2.46. The second-order valence-electron chi connectivity index (χ2n) is 6.15. The number of hydrogen-bond acceptors (Lipinski definition) is 6. The van der Waals surface area contributed by atoms with E-state index in [1.807, 2.05) is 18.2 Å². The molecule has 3 rings (SSSR count). The molecule has 1 aromatic heterocycles. The number of nitrogens with one attached hydrogen (secondary N) is 1. The first-order valence-corrected chi connectivity index (χ1v) is 8.87. The largest absolute Gasteiger partial charge is 0.493 e. The van der Waals surface area contributed by atoms with Gasteiger partial charge >= 0.3 is 12.0 Å². The van der Waals surface area contributed by atoms with E-state index in [4.69, 9.17) is 14.2 Å². The Labute approximate surface area is 158 Å². The molecule has 1 saturated heterocycles. The number of rotatable bonds is 6.